The predicted molar refractivity (Wildman–Crippen MR) is 72.7 cm³/mol. The Morgan fingerprint density at radius 3 is 3.00 bits per heavy atom. The molecular weight excluding hydrogens is 254 g/mol. The smallest absolute Gasteiger partial charge is 0.323 e. The van der Waals surface area contributed by atoms with Crippen LogP contribution < -0.4 is 5.32 Å². The van der Waals surface area contributed by atoms with Gasteiger partial charge in [0.2, 0.25) is 0 Å². The molecule has 0 aliphatic carbocycles. The molecule has 2 heterocycles. The first kappa shape index (κ1) is 12.9. The predicted octanol–water partition coefficient (Wildman–Crippen LogP) is 2.23. The summed E-state index contributed by atoms with van der Waals surface area (Å²) in [6.45, 7) is 2.16. The molecule has 1 saturated heterocycles. The van der Waals surface area contributed by atoms with E-state index in [-0.39, 0.29) is 18.1 Å². The van der Waals surface area contributed by atoms with Gasteiger partial charge in [0.1, 0.15) is 6.04 Å². The summed E-state index contributed by atoms with van der Waals surface area (Å²) in [5, 5.41) is 3.37. The Kier molecular flexibility index (Phi) is 4.48. The number of carbonyl (C=O) groups excluding carboxylic acids is 1. The molecule has 0 saturated carbocycles. The number of thioether (sulfide) groups is 1. The second kappa shape index (κ2) is 5.89. The molecule has 17 heavy (non-hydrogen) atoms. The van der Waals surface area contributed by atoms with Crippen molar-refractivity contribution in [3.63, 3.8) is 0 Å². The summed E-state index contributed by atoms with van der Waals surface area (Å²) in [7, 11) is 1.44. The van der Waals surface area contributed by atoms with Gasteiger partial charge >= 0.3 is 5.97 Å². The Balaban J connectivity index is 2.04. The second-order valence-corrected chi connectivity index (χ2v) is 6.26. The van der Waals surface area contributed by atoms with E-state index in [4.69, 9.17) is 4.74 Å². The van der Waals surface area contributed by atoms with E-state index in [1.54, 1.807) is 0 Å². The Labute approximate surface area is 110 Å². The Morgan fingerprint density at radius 1 is 1.53 bits per heavy atom. The number of hydrogen-bond acceptors (Lipinski definition) is 5. The molecule has 2 atom stereocenters. The third-order valence-electron chi connectivity index (χ3n) is 2.83. The summed E-state index contributed by atoms with van der Waals surface area (Å²) < 4.78 is 4.79. The van der Waals surface area contributed by atoms with Crippen LogP contribution in [0.2, 0.25) is 0 Å². The fourth-order valence-electron chi connectivity index (χ4n) is 1.86. The van der Waals surface area contributed by atoms with Gasteiger partial charge < -0.3 is 4.74 Å². The summed E-state index contributed by atoms with van der Waals surface area (Å²) in [4.78, 5) is 14.2. The van der Waals surface area contributed by atoms with Gasteiger partial charge in [-0.25, -0.2) is 0 Å². The highest BCUT2D eigenvalue weighted by Crippen LogP contribution is 2.30. The van der Waals surface area contributed by atoms with E-state index in [1.807, 2.05) is 23.1 Å². The standard InChI is InChI=1S/C12H17NO2S2/c1-3-8-4-5-11(17-8)9-6-16-7-10(13-9)12(14)15-2/h4-5,9-10,13H,3,6-7H2,1-2H3. The third-order valence-corrected chi connectivity index (χ3v) is 5.31. The number of aryl methyl sites for hydroxylation is 1. The molecule has 1 aromatic heterocycles. The van der Waals surface area contributed by atoms with Crippen LogP contribution in [0.3, 0.4) is 0 Å². The molecule has 1 aliphatic rings. The number of thiophene rings is 1. The maximum atomic E-state index is 11.5. The number of nitrogens with one attached hydrogen (secondary N) is 1. The first-order valence-corrected chi connectivity index (χ1v) is 7.72. The number of rotatable bonds is 3. The zero-order chi connectivity index (χ0) is 12.3. The van der Waals surface area contributed by atoms with Crippen molar-refractivity contribution < 1.29 is 9.53 Å². The first-order chi connectivity index (χ1) is 8.24. The summed E-state index contributed by atoms with van der Waals surface area (Å²) in [6.07, 6.45) is 1.07. The van der Waals surface area contributed by atoms with Gasteiger partial charge in [0.25, 0.3) is 0 Å². The lowest BCUT2D eigenvalue weighted by molar-refractivity contribution is -0.142. The number of carbonyl (C=O) groups is 1. The van der Waals surface area contributed by atoms with Crippen molar-refractivity contribution in [2.75, 3.05) is 18.6 Å². The number of hydrogen-bond donors (Lipinski definition) is 1. The topological polar surface area (TPSA) is 38.3 Å². The van der Waals surface area contributed by atoms with Crippen molar-refractivity contribution in [2.24, 2.45) is 0 Å². The Morgan fingerprint density at radius 2 is 2.35 bits per heavy atom. The molecular formula is C12H17NO2S2. The van der Waals surface area contributed by atoms with E-state index < -0.39 is 0 Å². The highest BCUT2D eigenvalue weighted by molar-refractivity contribution is 7.99. The summed E-state index contributed by atoms with van der Waals surface area (Å²) in [6, 6.07) is 4.45. The lowest BCUT2D eigenvalue weighted by Gasteiger charge is -2.28. The van der Waals surface area contributed by atoms with Crippen molar-refractivity contribution in [3.05, 3.63) is 21.9 Å². The molecule has 0 bridgehead atoms. The Bertz CT molecular complexity index is 392. The van der Waals surface area contributed by atoms with Crippen molar-refractivity contribution in [2.45, 2.75) is 25.4 Å². The second-order valence-electron chi connectivity index (χ2n) is 3.99. The van der Waals surface area contributed by atoms with Gasteiger partial charge in [-0.15, -0.1) is 11.3 Å². The average molecular weight is 271 g/mol. The number of methoxy groups -OCH3 is 1. The minimum Gasteiger partial charge on any atom is -0.468 e. The third kappa shape index (κ3) is 3.03. The summed E-state index contributed by atoms with van der Waals surface area (Å²) in [5.74, 6) is 1.67. The van der Waals surface area contributed by atoms with E-state index in [0.29, 0.717) is 0 Å². The van der Waals surface area contributed by atoms with Crippen molar-refractivity contribution in [1.29, 1.82) is 0 Å². The molecule has 0 radical (unpaired) electrons. The lowest BCUT2D eigenvalue weighted by Crippen LogP contribution is -2.45. The van der Waals surface area contributed by atoms with Gasteiger partial charge in [-0.05, 0) is 18.6 Å². The van der Waals surface area contributed by atoms with Crippen LogP contribution in [0, 0.1) is 0 Å². The van der Waals surface area contributed by atoms with Crippen LogP contribution in [0.5, 0.6) is 0 Å². The molecule has 3 nitrogen and oxygen atoms in total. The van der Waals surface area contributed by atoms with Crippen LogP contribution in [-0.4, -0.2) is 30.6 Å². The van der Waals surface area contributed by atoms with Gasteiger partial charge in [0, 0.05) is 21.3 Å². The average Bonchev–Trinajstić information content (AvgIpc) is 2.86. The summed E-state index contributed by atoms with van der Waals surface area (Å²) >= 11 is 3.64. The van der Waals surface area contributed by atoms with Crippen molar-refractivity contribution >= 4 is 29.1 Å². The minimum absolute atomic E-state index is 0.158. The minimum atomic E-state index is -0.170. The van der Waals surface area contributed by atoms with Gasteiger partial charge in [-0.3, -0.25) is 10.1 Å². The van der Waals surface area contributed by atoms with E-state index in [0.717, 1.165) is 17.9 Å². The van der Waals surface area contributed by atoms with Gasteiger partial charge in [-0.1, -0.05) is 6.92 Å². The van der Waals surface area contributed by atoms with E-state index in [9.17, 15) is 4.79 Å². The molecule has 1 aromatic rings. The van der Waals surface area contributed by atoms with Crippen molar-refractivity contribution in [1.82, 2.24) is 5.32 Å². The zero-order valence-corrected chi connectivity index (χ0v) is 11.7. The van der Waals surface area contributed by atoms with E-state index in [1.165, 1.54) is 16.9 Å². The molecule has 0 amide bonds. The highest BCUT2D eigenvalue weighted by Gasteiger charge is 2.28. The van der Waals surface area contributed by atoms with Crippen LogP contribution in [0.4, 0.5) is 0 Å². The largest absolute Gasteiger partial charge is 0.468 e. The maximum Gasteiger partial charge on any atom is 0.323 e. The van der Waals surface area contributed by atoms with Crippen LogP contribution in [0.1, 0.15) is 22.7 Å². The molecule has 1 N–H and O–H groups in total. The van der Waals surface area contributed by atoms with Gasteiger partial charge in [0.05, 0.1) is 13.2 Å². The molecule has 2 unspecified atom stereocenters. The molecule has 2 rings (SSSR count). The molecule has 0 spiro atoms. The molecule has 5 heteroatoms. The fraction of sp³-hybridized carbons (Fsp3) is 0.583. The zero-order valence-electron chi connectivity index (χ0n) is 10.1. The molecule has 94 valence electrons. The van der Waals surface area contributed by atoms with Gasteiger partial charge in [0.15, 0.2) is 0 Å². The Hall–Kier alpha value is -0.520. The van der Waals surface area contributed by atoms with Crippen LogP contribution in [0.25, 0.3) is 0 Å². The highest BCUT2D eigenvalue weighted by atomic mass is 32.2. The maximum absolute atomic E-state index is 11.5. The summed E-state index contributed by atoms with van der Waals surface area (Å²) in [5.41, 5.74) is 0. The monoisotopic (exact) mass is 271 g/mol. The quantitative estimate of drug-likeness (QED) is 0.856. The van der Waals surface area contributed by atoms with Crippen LogP contribution in [0.15, 0.2) is 12.1 Å². The lowest BCUT2D eigenvalue weighted by atomic mass is 10.2. The fourth-order valence-corrected chi connectivity index (χ4v) is 4.09. The van der Waals surface area contributed by atoms with E-state index in [2.05, 4.69) is 24.4 Å². The molecule has 1 aliphatic heterocycles. The molecule has 0 aromatic carbocycles. The number of ether oxygens (including phenoxy) is 1. The first-order valence-electron chi connectivity index (χ1n) is 5.74. The SMILES string of the molecule is CCc1ccc(C2CSCC(C(=O)OC)N2)s1. The van der Waals surface area contributed by atoms with Crippen molar-refractivity contribution in [3.8, 4) is 0 Å². The van der Waals surface area contributed by atoms with Gasteiger partial charge in [-0.2, -0.15) is 11.8 Å². The number of esters is 1. The normalized spacial score (nSPS) is 24.6. The van der Waals surface area contributed by atoms with E-state index >= 15 is 0 Å². The van der Waals surface area contributed by atoms with Crippen LogP contribution in [-0.2, 0) is 16.0 Å². The van der Waals surface area contributed by atoms with Crippen LogP contribution >= 0.6 is 23.1 Å². The molecule has 1 fully saturated rings.